The normalized spacial score (nSPS) is 13.7. The summed E-state index contributed by atoms with van der Waals surface area (Å²) in [5.41, 5.74) is 1.83. The zero-order chi connectivity index (χ0) is 112. The smallest absolute Gasteiger partial charge is 0.302 e. The molecule has 4 aliphatic carbocycles. The summed E-state index contributed by atoms with van der Waals surface area (Å²) in [6.45, 7) is 50.5. The minimum absolute atomic E-state index is 0. The second-order valence-electron chi connectivity index (χ2n) is 39.3. The van der Waals surface area contributed by atoms with Gasteiger partial charge in [0.2, 0.25) is 0 Å². The maximum atomic E-state index is 11.8. The zero-order valence-corrected chi connectivity index (χ0v) is 103. The van der Waals surface area contributed by atoms with Gasteiger partial charge in [-0.05, 0) is 227 Å². The number of aromatic nitrogens is 1. The Morgan fingerprint density at radius 1 is 0.389 bits per heavy atom. The summed E-state index contributed by atoms with van der Waals surface area (Å²) in [7, 11) is 7.02. The molecule has 863 valence electrons. The van der Waals surface area contributed by atoms with Crippen molar-refractivity contribution in [3.63, 3.8) is 0 Å². The van der Waals surface area contributed by atoms with Gasteiger partial charge in [-0.15, -0.1) is 6.58 Å². The van der Waals surface area contributed by atoms with Gasteiger partial charge in [0, 0.05) is 139 Å². The van der Waals surface area contributed by atoms with Gasteiger partial charge in [0.15, 0.2) is 5.78 Å². The van der Waals surface area contributed by atoms with Crippen LogP contribution in [0.4, 0.5) is 0 Å². The van der Waals surface area contributed by atoms with E-state index < -0.39 is 0 Å². The Labute approximate surface area is 942 Å². The fourth-order valence-corrected chi connectivity index (χ4v) is 14.7. The molecule has 2 aromatic carbocycles. The van der Waals surface area contributed by atoms with Crippen molar-refractivity contribution in [2.24, 2.45) is 28.6 Å². The van der Waals surface area contributed by atoms with Crippen LogP contribution < -0.4 is 0 Å². The Hall–Kier alpha value is -6.10. The average Bonchev–Trinajstić information content (AvgIpc) is 1.63. The molecule has 0 aliphatic heterocycles. The second kappa shape index (κ2) is 119. The number of hydrogen-bond acceptors (Lipinski definition) is 27. The topological polar surface area (TPSA) is 349 Å². The number of fused-ring (bicyclic) bond motifs is 2. The Morgan fingerprint density at radius 3 is 0.953 bits per heavy atom. The largest absolute Gasteiger partial charge is 0.463 e. The molecule has 0 amide bonds. The molecular formula is C121H216AcN2O25. The first-order chi connectivity index (χ1) is 69.9. The van der Waals surface area contributed by atoms with Crippen LogP contribution in [0, 0.1) is 72.6 Å². The second-order valence-corrected chi connectivity index (χ2v) is 39.3. The first-order valence-corrected chi connectivity index (χ1v) is 54.9. The number of hydrogen-bond donors (Lipinski definition) is 0. The predicted octanol–water partition coefficient (Wildman–Crippen LogP) is 26.2. The summed E-state index contributed by atoms with van der Waals surface area (Å²) in [6.07, 6.45) is 52.2. The van der Waals surface area contributed by atoms with Crippen molar-refractivity contribution in [1.29, 1.82) is 0 Å². The van der Waals surface area contributed by atoms with Crippen LogP contribution in [0.2, 0.25) is 0 Å². The summed E-state index contributed by atoms with van der Waals surface area (Å²) in [4.78, 5) is 142. The molecule has 2 unspecified atom stereocenters. The third kappa shape index (κ3) is 130. The molecule has 27 nitrogen and oxygen atoms in total. The van der Waals surface area contributed by atoms with E-state index in [0.29, 0.717) is 179 Å². The predicted molar refractivity (Wildman–Crippen MR) is 604 cm³/mol. The van der Waals surface area contributed by atoms with Crippen LogP contribution in [-0.4, -0.2) is 252 Å². The molecule has 4 fully saturated rings. The van der Waals surface area contributed by atoms with Crippen molar-refractivity contribution in [2.45, 2.75) is 403 Å². The first kappa shape index (κ1) is 160. The van der Waals surface area contributed by atoms with Crippen LogP contribution in [-0.2, 0) is 121 Å². The first-order valence-electron chi connectivity index (χ1n) is 54.9. The van der Waals surface area contributed by atoms with Gasteiger partial charge in [-0.1, -0.05) is 233 Å². The molecule has 1 radical (unpaired) electrons. The van der Waals surface area contributed by atoms with Gasteiger partial charge < -0.3 is 90.5 Å². The molecule has 28 heteroatoms. The number of likely N-dealkylation sites (N-methyl/N-ethyl adjacent to an activating group) is 1. The number of pyridine rings is 1. The van der Waals surface area contributed by atoms with E-state index in [9.17, 15) is 62.3 Å². The fourth-order valence-electron chi connectivity index (χ4n) is 14.7. The van der Waals surface area contributed by atoms with Gasteiger partial charge in [-0.25, -0.2) is 0 Å². The summed E-state index contributed by atoms with van der Waals surface area (Å²) < 4.78 is 61.2. The fraction of sp³-hybridized carbons (Fsp3) is 0.752. The number of unbranched alkanes of at least 4 members (excludes halogenated alkanes) is 22. The maximum absolute atomic E-state index is 11.8. The van der Waals surface area contributed by atoms with Gasteiger partial charge >= 0.3 is 11.9 Å². The molecule has 149 heavy (non-hydrogen) atoms. The molecule has 4 saturated carbocycles. The number of allylic oxidation sites excluding steroid dienone is 1. The Morgan fingerprint density at radius 2 is 0.685 bits per heavy atom. The van der Waals surface area contributed by atoms with E-state index >= 15 is 0 Å². The molecule has 4 aliphatic rings. The van der Waals surface area contributed by atoms with Crippen molar-refractivity contribution < 1.29 is 163 Å². The monoisotopic (exact) mass is 2320 g/mol. The van der Waals surface area contributed by atoms with Gasteiger partial charge in [0.25, 0.3) is 0 Å². The third-order valence-corrected chi connectivity index (χ3v) is 22.9. The Kier molecular flexibility index (Phi) is 128. The van der Waals surface area contributed by atoms with Crippen LogP contribution >= 0.6 is 0 Å². The minimum Gasteiger partial charge on any atom is -0.463 e. The Balaban J connectivity index is -0.000000209. The molecule has 2 atom stereocenters. The summed E-state index contributed by atoms with van der Waals surface area (Å²) in [5, 5.41) is 2.39. The van der Waals surface area contributed by atoms with E-state index in [1.165, 1.54) is 219 Å². The van der Waals surface area contributed by atoms with Gasteiger partial charge in [0.1, 0.15) is 71.0 Å². The van der Waals surface area contributed by atoms with E-state index in [4.69, 9.17) is 52.1 Å². The number of Topliss-reactive ketones (excluding diaryl/α,β-unsaturated/α-hetero) is 11. The number of ketones is 11. The standard InChI is InChI=1S/C17H34O9.C17H34O.C13H20O.C13H12O.C11H22O.C9H18O5.C8H14O.C7H7NO.C7H14O.C6H12O.C5H11NO.C4H8O.C3H6O.CH4.Ac/c1-17(18)26-16-15-25-14-13-24-12-11-23-10-9-22-8-7-21-6-5-20-4-3-19-2;1-3-4-5-6-7-8-9-10-11-12-13-14-15-16-17(2)18;1-9(14)13-3-2-10-4-11(7-13)6-12(5-10)8-13;1-10(14)9-12-7-4-6-11-5-2-3-8-13(11)12;1-3-4-5-6-7-8-9-10-11(2)12;1-9(10)14-8-7-13-6-5-12-4-3-11-2;1-3-4-5-6-7-8(2)9;1-6(9)7-2-4-8-5-3-7;1-3-4-5-6-7(2)8;1-5(7)6(2,3)4;1-5(7)4-6(2)3;1-3-4(2)5;1-3(2)4;;/h3-16H2,1-2H3;3-16H2,1-2H3;10-12H,2-8H2,1H3;2-8H,9H2,1H3;3-10H2,1-2H3;3-8H2,1-2H3;3H,1,4-7H2,2H3;2-5H,1H3;3-6H2,1-2H3;1-4H3;4H2,1-3H3;3H2,1-2H3;1-2H3;1H4;. The molecule has 0 spiro atoms. The number of carbonyl (C=O) groups excluding carboxylic acids is 13. The van der Waals surface area contributed by atoms with Crippen LogP contribution in [0.5, 0.6) is 0 Å². The molecule has 4 bridgehead atoms. The van der Waals surface area contributed by atoms with Crippen molar-refractivity contribution in [2.75, 3.05) is 167 Å². The number of methoxy groups -OCH3 is 2. The molecule has 0 N–H and O–H groups in total. The van der Waals surface area contributed by atoms with E-state index in [1.807, 2.05) is 84.0 Å². The van der Waals surface area contributed by atoms with Crippen molar-refractivity contribution in [3.05, 3.63) is 90.8 Å². The zero-order valence-electron chi connectivity index (χ0n) is 98.0. The van der Waals surface area contributed by atoms with Gasteiger partial charge in [0.05, 0.1) is 125 Å². The molecular weight excluding hydrogens is 2110 g/mol. The number of rotatable bonds is 68. The number of ether oxygens (including phenoxy) is 12. The van der Waals surface area contributed by atoms with Crippen molar-refractivity contribution in [1.82, 2.24) is 9.88 Å². The van der Waals surface area contributed by atoms with E-state index in [2.05, 4.69) is 55.3 Å². The minimum atomic E-state index is -0.304. The van der Waals surface area contributed by atoms with Crippen LogP contribution in [0.3, 0.4) is 0 Å². The summed E-state index contributed by atoms with van der Waals surface area (Å²) in [6, 6.07) is 17.6. The van der Waals surface area contributed by atoms with E-state index in [1.54, 1.807) is 94.1 Å². The maximum Gasteiger partial charge on any atom is 0.302 e. The van der Waals surface area contributed by atoms with Gasteiger partial charge in [-0.3, -0.25) is 38.5 Å². The Bertz CT molecular complexity index is 3660. The van der Waals surface area contributed by atoms with E-state index in [0.717, 1.165) is 87.5 Å². The number of nitrogens with zero attached hydrogens (tertiary/aromatic N) is 2. The quantitative estimate of drug-likeness (QED) is 0.0219. The van der Waals surface area contributed by atoms with E-state index in [-0.39, 0.29) is 116 Å². The number of benzene rings is 2. The SMILES string of the molecule is C.C=CCCCCC(C)=O.CC(=O)C(C)(C)C.CC(=O)C12CCC3CC(CC(C3)C1)C2.CC(=O)CN(C)C.CC(=O)Cc1cccc2ccccc12.CC(=O)c1ccncc1.CC(C)=O.CCC(C)=O.CCCCCC(C)=O.CCCCCCCCCC(C)=O.CCCCCCCCCCCCCCCC(C)=O.COCCOCCOCCOC(C)=O.COCCOCCOCCOCCOCCOCCOCCOC(C)=O.[Ac]. The summed E-state index contributed by atoms with van der Waals surface area (Å²) in [5.74, 6) is 5.14. The van der Waals surface area contributed by atoms with Crippen LogP contribution in [0.25, 0.3) is 10.8 Å². The molecule has 7 rings (SSSR count). The third-order valence-electron chi connectivity index (χ3n) is 22.9. The molecule has 0 saturated heterocycles. The summed E-state index contributed by atoms with van der Waals surface area (Å²) >= 11 is 0. The average molecular weight is 2330 g/mol. The van der Waals surface area contributed by atoms with Crippen molar-refractivity contribution >= 4 is 86.3 Å². The van der Waals surface area contributed by atoms with Crippen LogP contribution in [0.15, 0.2) is 79.6 Å². The molecule has 3 aromatic rings. The van der Waals surface area contributed by atoms with Crippen molar-refractivity contribution in [3.8, 4) is 0 Å². The number of carbonyl (C=O) groups is 13. The molecule has 1 heterocycles. The van der Waals surface area contributed by atoms with Crippen LogP contribution in [0.1, 0.15) is 413 Å². The number of esters is 2. The molecule has 1 aromatic heterocycles. The van der Waals surface area contributed by atoms with Gasteiger partial charge in [-0.2, -0.15) is 0 Å².